The number of hydrogen-bond donors (Lipinski definition) is 0. The molecule has 0 spiro atoms. The maximum Gasteiger partial charge on any atom is 0.182 e. The van der Waals surface area contributed by atoms with Crippen LogP contribution in [0.4, 0.5) is 0 Å². The molecule has 0 unspecified atom stereocenters. The quantitative estimate of drug-likeness (QED) is 0.711. The third-order valence-electron chi connectivity index (χ3n) is 4.13. The van der Waals surface area contributed by atoms with Gasteiger partial charge in [0.25, 0.3) is 0 Å². The summed E-state index contributed by atoms with van der Waals surface area (Å²) in [5.74, 6) is 0.0364. The number of aryl methyl sites for hydroxylation is 1. The van der Waals surface area contributed by atoms with Crippen LogP contribution in [0.25, 0.3) is 0 Å². The minimum atomic E-state index is -3.38. The Hall–Kier alpha value is -1.17. The average molecular weight is 410 g/mol. The maximum absolute atomic E-state index is 13.0. The highest BCUT2D eigenvalue weighted by Gasteiger charge is 2.20. The van der Waals surface area contributed by atoms with Crippen molar-refractivity contribution in [1.82, 2.24) is 4.90 Å². The molecule has 0 saturated heterocycles. The van der Waals surface area contributed by atoms with E-state index in [9.17, 15) is 8.42 Å². The Morgan fingerprint density at radius 2 is 1.71 bits per heavy atom. The molecular weight excluding hydrogens is 386 g/mol. The number of hydrogen-bond acceptors (Lipinski definition) is 3. The lowest BCUT2D eigenvalue weighted by molar-refractivity contribution is 0.401. The second-order valence-corrected chi connectivity index (χ2v) is 9.18. The van der Waals surface area contributed by atoms with Crippen LogP contribution < -0.4 is 0 Å². The molecule has 3 nitrogen and oxygen atoms in total. The van der Waals surface area contributed by atoms with Crippen LogP contribution in [0.2, 0.25) is 0 Å². The number of sulfone groups is 1. The van der Waals surface area contributed by atoms with Gasteiger partial charge in [0.2, 0.25) is 0 Å². The topological polar surface area (TPSA) is 37.4 Å². The third kappa shape index (κ3) is 4.47. The van der Waals surface area contributed by atoms with Crippen molar-refractivity contribution in [2.24, 2.45) is 0 Å². The van der Waals surface area contributed by atoms with E-state index in [2.05, 4.69) is 26.9 Å². The lowest BCUT2D eigenvalue weighted by Crippen LogP contribution is -2.14. The van der Waals surface area contributed by atoms with Crippen LogP contribution in [0.3, 0.4) is 0 Å². The fraction of sp³-hybridized carbons (Fsp3) is 0.368. The Morgan fingerprint density at radius 3 is 2.33 bits per heavy atom. The first kappa shape index (κ1) is 19.2. The molecule has 2 aromatic rings. The van der Waals surface area contributed by atoms with Crippen LogP contribution in [0, 0.1) is 6.92 Å². The average Bonchev–Trinajstić information content (AvgIpc) is 2.50. The second-order valence-electron chi connectivity index (χ2n) is 6.30. The first-order valence-corrected chi connectivity index (χ1v) is 10.4. The van der Waals surface area contributed by atoms with Gasteiger partial charge in [0, 0.05) is 11.0 Å². The molecule has 0 saturated carbocycles. The Labute approximate surface area is 153 Å². The summed E-state index contributed by atoms with van der Waals surface area (Å²) in [6.07, 6.45) is 0.688. The van der Waals surface area contributed by atoms with Crippen LogP contribution in [0.15, 0.2) is 45.8 Å². The minimum absolute atomic E-state index is 0.0364. The monoisotopic (exact) mass is 409 g/mol. The summed E-state index contributed by atoms with van der Waals surface area (Å²) in [5.41, 5.74) is 3.95. The summed E-state index contributed by atoms with van der Waals surface area (Å²) < 4.78 is 26.8. The molecule has 0 aromatic heterocycles. The molecule has 0 heterocycles. The lowest BCUT2D eigenvalue weighted by Gasteiger charge is -2.16. The Bertz CT molecular complexity index is 829. The zero-order valence-electron chi connectivity index (χ0n) is 14.6. The molecule has 2 aromatic carbocycles. The molecule has 0 N–H and O–H groups in total. The summed E-state index contributed by atoms with van der Waals surface area (Å²) in [6, 6.07) is 11.3. The van der Waals surface area contributed by atoms with Crippen LogP contribution in [-0.2, 0) is 28.6 Å². The molecular formula is C19H24BrNO2S. The van der Waals surface area contributed by atoms with Gasteiger partial charge in [0.1, 0.15) is 0 Å². The predicted molar refractivity (Wildman–Crippen MR) is 103 cm³/mol. The van der Waals surface area contributed by atoms with Crippen molar-refractivity contribution < 1.29 is 8.42 Å². The standard InChI is InChI=1S/C19H24BrNO2S/c1-5-15-11-18(20)9-10-19(15)24(22,23)13-17-8-6-7-16(14(17)2)12-21(3)4/h6-11H,5,12-13H2,1-4H3. The molecule has 5 heteroatoms. The summed E-state index contributed by atoms with van der Waals surface area (Å²) >= 11 is 3.42. The van der Waals surface area contributed by atoms with Gasteiger partial charge in [-0.15, -0.1) is 0 Å². The van der Waals surface area contributed by atoms with Crippen molar-refractivity contribution >= 4 is 25.8 Å². The molecule has 0 aliphatic heterocycles. The van der Waals surface area contributed by atoms with Gasteiger partial charge in [0.05, 0.1) is 10.6 Å². The fourth-order valence-corrected chi connectivity index (χ4v) is 4.98. The van der Waals surface area contributed by atoms with Gasteiger partial charge in [-0.05, 0) is 67.9 Å². The van der Waals surface area contributed by atoms with E-state index in [1.165, 1.54) is 5.56 Å². The highest BCUT2D eigenvalue weighted by Crippen LogP contribution is 2.26. The predicted octanol–water partition coefficient (Wildman–Crippen LogP) is 4.36. The first-order valence-electron chi connectivity index (χ1n) is 7.98. The van der Waals surface area contributed by atoms with Gasteiger partial charge in [-0.2, -0.15) is 0 Å². The summed E-state index contributed by atoms with van der Waals surface area (Å²) in [7, 11) is 0.649. The van der Waals surface area contributed by atoms with Crippen molar-refractivity contribution in [3.8, 4) is 0 Å². The third-order valence-corrected chi connectivity index (χ3v) is 6.38. The van der Waals surface area contributed by atoms with Crippen molar-refractivity contribution in [3.63, 3.8) is 0 Å². The van der Waals surface area contributed by atoms with E-state index >= 15 is 0 Å². The largest absolute Gasteiger partial charge is 0.305 e. The molecule has 0 aliphatic carbocycles. The van der Waals surface area contributed by atoms with Crippen molar-refractivity contribution in [1.29, 1.82) is 0 Å². The van der Waals surface area contributed by atoms with Crippen LogP contribution in [0.5, 0.6) is 0 Å². The Kier molecular flexibility index (Phi) is 6.23. The number of benzene rings is 2. The van der Waals surface area contributed by atoms with E-state index in [-0.39, 0.29) is 5.75 Å². The zero-order valence-corrected chi connectivity index (χ0v) is 17.0. The maximum atomic E-state index is 13.0. The van der Waals surface area contributed by atoms with E-state index < -0.39 is 9.84 Å². The number of halogens is 1. The van der Waals surface area contributed by atoms with Gasteiger partial charge < -0.3 is 4.90 Å². The molecule has 0 aliphatic rings. The number of rotatable bonds is 6. The Balaban J connectivity index is 2.40. The summed E-state index contributed by atoms with van der Waals surface area (Å²) in [4.78, 5) is 2.52. The highest BCUT2D eigenvalue weighted by molar-refractivity contribution is 9.10. The van der Waals surface area contributed by atoms with Crippen LogP contribution >= 0.6 is 15.9 Å². The normalized spacial score (nSPS) is 11.9. The SMILES string of the molecule is CCc1cc(Br)ccc1S(=O)(=O)Cc1cccc(CN(C)C)c1C. The molecule has 0 bridgehead atoms. The van der Waals surface area contributed by atoms with Gasteiger partial charge in [-0.1, -0.05) is 41.1 Å². The molecule has 24 heavy (non-hydrogen) atoms. The second kappa shape index (κ2) is 7.81. The fourth-order valence-electron chi connectivity index (χ4n) is 2.82. The molecule has 2 rings (SSSR count). The lowest BCUT2D eigenvalue weighted by atomic mass is 10.0. The molecule has 0 amide bonds. The summed E-state index contributed by atoms with van der Waals surface area (Å²) in [5, 5.41) is 0. The van der Waals surface area contributed by atoms with Crippen molar-refractivity contribution in [2.75, 3.05) is 14.1 Å². The zero-order chi connectivity index (χ0) is 17.9. The van der Waals surface area contributed by atoms with Gasteiger partial charge >= 0.3 is 0 Å². The van der Waals surface area contributed by atoms with E-state index in [0.29, 0.717) is 11.3 Å². The number of nitrogens with zero attached hydrogens (tertiary/aromatic N) is 1. The smallest absolute Gasteiger partial charge is 0.182 e. The molecule has 130 valence electrons. The first-order chi connectivity index (χ1) is 11.2. The van der Waals surface area contributed by atoms with Gasteiger partial charge in [-0.25, -0.2) is 8.42 Å². The van der Waals surface area contributed by atoms with Crippen LogP contribution in [0.1, 0.15) is 29.2 Å². The van der Waals surface area contributed by atoms with Gasteiger partial charge in [-0.3, -0.25) is 0 Å². The minimum Gasteiger partial charge on any atom is -0.305 e. The van der Waals surface area contributed by atoms with E-state index in [0.717, 1.165) is 27.7 Å². The van der Waals surface area contributed by atoms with Gasteiger partial charge in [0.15, 0.2) is 9.84 Å². The van der Waals surface area contributed by atoms with Crippen LogP contribution in [-0.4, -0.2) is 27.4 Å². The van der Waals surface area contributed by atoms with E-state index in [4.69, 9.17) is 0 Å². The molecule has 0 radical (unpaired) electrons. The Morgan fingerprint density at radius 1 is 1.04 bits per heavy atom. The van der Waals surface area contributed by atoms with Crippen molar-refractivity contribution in [3.05, 3.63) is 63.1 Å². The van der Waals surface area contributed by atoms with E-state index in [1.54, 1.807) is 12.1 Å². The highest BCUT2D eigenvalue weighted by atomic mass is 79.9. The van der Waals surface area contributed by atoms with Crippen molar-refractivity contribution in [2.45, 2.75) is 37.5 Å². The molecule has 0 fully saturated rings. The van der Waals surface area contributed by atoms with E-state index in [1.807, 2.05) is 46.1 Å². The summed E-state index contributed by atoms with van der Waals surface area (Å²) in [6.45, 7) is 4.79. The molecule has 0 atom stereocenters.